The van der Waals surface area contributed by atoms with Gasteiger partial charge in [-0.05, 0) is 33.8 Å². The highest BCUT2D eigenvalue weighted by Gasteiger charge is 2.20. The van der Waals surface area contributed by atoms with Gasteiger partial charge in [-0.25, -0.2) is 9.78 Å². The van der Waals surface area contributed by atoms with E-state index in [1.807, 2.05) is 20.8 Å². The summed E-state index contributed by atoms with van der Waals surface area (Å²) in [6.07, 6.45) is 1.25. The van der Waals surface area contributed by atoms with Crippen molar-refractivity contribution in [2.24, 2.45) is 0 Å². The van der Waals surface area contributed by atoms with Gasteiger partial charge in [-0.2, -0.15) is 0 Å². The minimum atomic E-state index is -1.14. The smallest absolute Gasteiger partial charge is 0.337 e. The molecule has 0 bridgehead atoms. The highest BCUT2D eigenvalue weighted by molar-refractivity contribution is 5.94. The van der Waals surface area contributed by atoms with Crippen molar-refractivity contribution in [2.75, 3.05) is 11.1 Å². The molecular formula is C13H20N4O3. The van der Waals surface area contributed by atoms with E-state index in [0.29, 0.717) is 0 Å². The summed E-state index contributed by atoms with van der Waals surface area (Å²) >= 11 is 0. The second-order valence-corrected chi connectivity index (χ2v) is 5.57. The minimum Gasteiger partial charge on any atom is -0.478 e. The van der Waals surface area contributed by atoms with Crippen LogP contribution in [0.5, 0.6) is 0 Å². The Balaban J connectivity index is 2.81. The van der Waals surface area contributed by atoms with Gasteiger partial charge in [0, 0.05) is 5.54 Å². The molecule has 7 heteroatoms. The van der Waals surface area contributed by atoms with E-state index in [0.717, 1.165) is 0 Å². The van der Waals surface area contributed by atoms with E-state index in [9.17, 15) is 9.59 Å². The van der Waals surface area contributed by atoms with Crippen LogP contribution in [0, 0.1) is 0 Å². The van der Waals surface area contributed by atoms with E-state index < -0.39 is 12.0 Å². The summed E-state index contributed by atoms with van der Waals surface area (Å²) in [5.74, 6) is -1.05. The zero-order valence-corrected chi connectivity index (χ0v) is 12.0. The number of nitrogens with two attached hydrogens (primary N) is 1. The van der Waals surface area contributed by atoms with Crippen LogP contribution in [-0.2, 0) is 4.79 Å². The lowest BCUT2D eigenvalue weighted by atomic mass is 10.1. The SMILES string of the molecule is CC(Nc1cc(C(=O)O)c(N)cn1)C(=O)NC(C)(C)C. The van der Waals surface area contributed by atoms with Crippen LogP contribution in [0.1, 0.15) is 38.1 Å². The summed E-state index contributed by atoms with van der Waals surface area (Å²) in [7, 11) is 0. The van der Waals surface area contributed by atoms with Gasteiger partial charge in [-0.1, -0.05) is 0 Å². The van der Waals surface area contributed by atoms with Crippen molar-refractivity contribution in [3.8, 4) is 0 Å². The van der Waals surface area contributed by atoms with Gasteiger partial charge in [0.05, 0.1) is 17.4 Å². The Labute approximate surface area is 117 Å². The number of amides is 1. The van der Waals surface area contributed by atoms with E-state index in [-0.39, 0.29) is 28.5 Å². The van der Waals surface area contributed by atoms with E-state index in [1.165, 1.54) is 12.3 Å². The minimum absolute atomic E-state index is 0.0501. The van der Waals surface area contributed by atoms with E-state index in [1.54, 1.807) is 6.92 Å². The maximum Gasteiger partial charge on any atom is 0.337 e. The van der Waals surface area contributed by atoms with Crippen molar-refractivity contribution in [2.45, 2.75) is 39.3 Å². The molecule has 5 N–H and O–H groups in total. The number of carboxylic acids is 1. The van der Waals surface area contributed by atoms with Crippen molar-refractivity contribution in [3.63, 3.8) is 0 Å². The molecule has 0 spiro atoms. The molecule has 1 amide bonds. The van der Waals surface area contributed by atoms with Crippen molar-refractivity contribution < 1.29 is 14.7 Å². The molecule has 1 aromatic heterocycles. The van der Waals surface area contributed by atoms with Crippen molar-refractivity contribution >= 4 is 23.4 Å². The zero-order valence-electron chi connectivity index (χ0n) is 12.0. The third-order valence-electron chi connectivity index (χ3n) is 2.42. The fourth-order valence-corrected chi connectivity index (χ4v) is 1.50. The first-order valence-electron chi connectivity index (χ1n) is 6.17. The Morgan fingerprint density at radius 1 is 1.40 bits per heavy atom. The Morgan fingerprint density at radius 3 is 2.50 bits per heavy atom. The Bertz CT molecular complexity index is 523. The van der Waals surface area contributed by atoms with Crippen LogP contribution in [0.2, 0.25) is 0 Å². The lowest BCUT2D eigenvalue weighted by molar-refractivity contribution is -0.122. The molecule has 0 aliphatic carbocycles. The molecule has 1 atom stereocenters. The summed E-state index contributed by atoms with van der Waals surface area (Å²) in [6, 6.07) is 0.755. The van der Waals surface area contributed by atoms with Gasteiger partial charge in [0.1, 0.15) is 11.9 Å². The number of carbonyl (C=O) groups excluding carboxylic acids is 1. The average molecular weight is 280 g/mol. The molecule has 0 aromatic carbocycles. The number of anilines is 2. The molecule has 0 saturated heterocycles. The molecule has 0 aliphatic rings. The molecule has 1 unspecified atom stereocenters. The topological polar surface area (TPSA) is 117 Å². The first-order valence-corrected chi connectivity index (χ1v) is 6.17. The number of hydrogen-bond acceptors (Lipinski definition) is 5. The number of aromatic carboxylic acids is 1. The highest BCUT2D eigenvalue weighted by atomic mass is 16.4. The molecule has 110 valence electrons. The molecule has 0 saturated carbocycles. The number of pyridine rings is 1. The summed E-state index contributed by atoms with van der Waals surface area (Å²) in [6.45, 7) is 7.30. The van der Waals surface area contributed by atoms with Crippen LogP contribution < -0.4 is 16.4 Å². The van der Waals surface area contributed by atoms with Crippen LogP contribution in [0.3, 0.4) is 0 Å². The third kappa shape index (κ3) is 4.42. The normalized spacial score (nSPS) is 12.6. The number of carboxylic acid groups (broad SMARTS) is 1. The van der Waals surface area contributed by atoms with Crippen molar-refractivity contribution in [3.05, 3.63) is 17.8 Å². The van der Waals surface area contributed by atoms with Gasteiger partial charge >= 0.3 is 5.97 Å². The summed E-state index contributed by atoms with van der Waals surface area (Å²) in [5, 5.41) is 14.6. The second kappa shape index (κ2) is 5.77. The molecule has 1 heterocycles. The quantitative estimate of drug-likeness (QED) is 0.655. The molecule has 1 rings (SSSR count). The summed E-state index contributed by atoms with van der Waals surface area (Å²) < 4.78 is 0. The van der Waals surface area contributed by atoms with E-state index in [2.05, 4.69) is 15.6 Å². The maximum atomic E-state index is 11.9. The van der Waals surface area contributed by atoms with Gasteiger partial charge in [0.2, 0.25) is 5.91 Å². The van der Waals surface area contributed by atoms with Gasteiger partial charge in [-0.15, -0.1) is 0 Å². The lowest BCUT2D eigenvalue weighted by Crippen LogP contribution is -2.47. The van der Waals surface area contributed by atoms with Gasteiger partial charge < -0.3 is 21.5 Å². The fraction of sp³-hybridized carbons (Fsp3) is 0.462. The number of nitrogen functional groups attached to an aromatic ring is 1. The van der Waals surface area contributed by atoms with Gasteiger partial charge in [-0.3, -0.25) is 4.79 Å². The predicted molar refractivity (Wildman–Crippen MR) is 76.6 cm³/mol. The van der Waals surface area contributed by atoms with Crippen molar-refractivity contribution in [1.29, 1.82) is 0 Å². The Kier molecular flexibility index (Phi) is 4.54. The largest absolute Gasteiger partial charge is 0.478 e. The summed E-state index contributed by atoms with van der Waals surface area (Å²) in [4.78, 5) is 26.8. The number of hydrogen-bond donors (Lipinski definition) is 4. The van der Waals surface area contributed by atoms with Crippen LogP contribution in [-0.4, -0.2) is 33.5 Å². The number of rotatable bonds is 4. The monoisotopic (exact) mass is 280 g/mol. The Morgan fingerprint density at radius 2 is 2.00 bits per heavy atom. The van der Waals surface area contributed by atoms with Crippen LogP contribution >= 0.6 is 0 Å². The fourth-order valence-electron chi connectivity index (χ4n) is 1.50. The first-order chi connectivity index (χ1) is 9.10. The zero-order chi connectivity index (χ0) is 15.5. The standard InChI is InChI=1S/C13H20N4O3/c1-7(11(18)17-13(2,3)4)16-10-5-8(12(19)20)9(14)6-15-10/h5-7H,14H2,1-4H3,(H,15,16)(H,17,18)(H,19,20). The third-order valence-corrected chi connectivity index (χ3v) is 2.42. The van der Waals surface area contributed by atoms with E-state index >= 15 is 0 Å². The maximum absolute atomic E-state index is 11.9. The second-order valence-electron chi connectivity index (χ2n) is 5.57. The molecule has 1 aromatic rings. The molecule has 0 radical (unpaired) electrons. The van der Waals surface area contributed by atoms with Gasteiger partial charge in [0.25, 0.3) is 0 Å². The van der Waals surface area contributed by atoms with Crippen LogP contribution in [0.15, 0.2) is 12.3 Å². The number of carbonyl (C=O) groups is 2. The molecule has 7 nitrogen and oxygen atoms in total. The number of aromatic nitrogens is 1. The molecule has 0 fully saturated rings. The van der Waals surface area contributed by atoms with Crippen LogP contribution in [0.4, 0.5) is 11.5 Å². The first kappa shape index (κ1) is 15.7. The Hall–Kier alpha value is -2.31. The number of nitrogens with zero attached hydrogens (tertiary/aromatic N) is 1. The lowest BCUT2D eigenvalue weighted by Gasteiger charge is -2.24. The number of nitrogens with one attached hydrogen (secondary N) is 2. The highest BCUT2D eigenvalue weighted by Crippen LogP contribution is 2.15. The van der Waals surface area contributed by atoms with Gasteiger partial charge in [0.15, 0.2) is 0 Å². The summed E-state index contributed by atoms with van der Waals surface area (Å²) in [5.41, 5.74) is 5.20. The van der Waals surface area contributed by atoms with Crippen molar-refractivity contribution in [1.82, 2.24) is 10.3 Å². The van der Waals surface area contributed by atoms with E-state index in [4.69, 9.17) is 10.8 Å². The average Bonchev–Trinajstić information content (AvgIpc) is 2.28. The predicted octanol–water partition coefficient (Wildman–Crippen LogP) is 1.08. The molecule has 20 heavy (non-hydrogen) atoms. The molecule has 0 aliphatic heterocycles. The molecular weight excluding hydrogens is 260 g/mol. The van der Waals surface area contributed by atoms with Crippen LogP contribution in [0.25, 0.3) is 0 Å².